The summed E-state index contributed by atoms with van der Waals surface area (Å²) in [5.41, 5.74) is 9.18. The number of hydrogen-bond acceptors (Lipinski definition) is 9. The maximum Gasteiger partial charge on any atom is 0.270 e. The first kappa shape index (κ1) is 25.8. The normalized spacial score (nSPS) is 11.2. The smallest absolute Gasteiger partial charge is 0.270 e. The molecule has 3 aromatic rings. The molecule has 3 aromatic carbocycles. The van der Waals surface area contributed by atoms with Gasteiger partial charge in [-0.15, -0.1) is 0 Å². The molecule has 180 valence electrons. The number of hydrogen-bond donors (Lipinski definition) is 2. The van der Waals surface area contributed by atoms with Crippen LogP contribution in [-0.4, -0.2) is 15.6 Å². The Bertz CT molecular complexity index is 1340. The quantitative estimate of drug-likeness (QED) is 0.0802. The first-order valence-electron chi connectivity index (χ1n) is 10.3. The number of benzene rings is 3. The minimum atomic E-state index is -0.496. The van der Waals surface area contributed by atoms with E-state index in [2.05, 4.69) is 5.32 Å². The Hall–Kier alpha value is -3.83. The van der Waals surface area contributed by atoms with Crippen molar-refractivity contribution in [1.29, 1.82) is 0 Å². The van der Waals surface area contributed by atoms with Gasteiger partial charge in [0.1, 0.15) is 0 Å². The lowest BCUT2D eigenvalue weighted by molar-refractivity contribution is -0.385. The Morgan fingerprint density at radius 3 is 2.06 bits per heavy atom. The third-order valence-corrected chi connectivity index (χ3v) is 7.42. The minimum absolute atomic E-state index is 0.0911. The second-order valence-electron chi connectivity index (χ2n) is 7.67. The fraction of sp³-hybridized carbons (Fsp3) is 0.125. The molecular weight excluding hydrogens is 488 g/mol. The fourth-order valence-electron chi connectivity index (χ4n) is 3.20. The van der Waals surface area contributed by atoms with E-state index in [0.29, 0.717) is 43.6 Å². The lowest BCUT2D eigenvalue weighted by Gasteiger charge is -2.15. The van der Waals surface area contributed by atoms with E-state index >= 15 is 0 Å². The molecule has 0 saturated heterocycles. The van der Waals surface area contributed by atoms with E-state index in [1.807, 2.05) is 6.07 Å². The highest BCUT2D eigenvalue weighted by Gasteiger charge is 2.18. The van der Waals surface area contributed by atoms with Gasteiger partial charge in [-0.1, -0.05) is 51.9 Å². The van der Waals surface area contributed by atoms with Crippen molar-refractivity contribution in [3.63, 3.8) is 0 Å². The zero-order valence-corrected chi connectivity index (χ0v) is 20.7. The van der Waals surface area contributed by atoms with Crippen LogP contribution in [-0.2, 0) is 0 Å². The Kier molecular flexibility index (Phi) is 8.15. The lowest BCUT2D eigenvalue weighted by atomic mass is 10.1. The molecule has 0 amide bonds. The highest BCUT2D eigenvalue weighted by Crippen LogP contribution is 2.46. The van der Waals surface area contributed by atoms with Crippen molar-refractivity contribution in [3.05, 3.63) is 103 Å². The summed E-state index contributed by atoms with van der Waals surface area (Å²) >= 11 is 0. The van der Waals surface area contributed by atoms with Crippen molar-refractivity contribution in [1.82, 2.24) is 0 Å². The Morgan fingerprint density at radius 1 is 0.914 bits per heavy atom. The summed E-state index contributed by atoms with van der Waals surface area (Å²) < 4.78 is 0. The molecule has 0 aliphatic rings. The lowest BCUT2D eigenvalue weighted by Crippen LogP contribution is -2.04. The fourth-order valence-corrected chi connectivity index (χ4v) is 5.61. The second-order valence-corrected chi connectivity index (χ2v) is 9.89. The van der Waals surface area contributed by atoms with E-state index in [4.69, 9.17) is 5.73 Å². The van der Waals surface area contributed by atoms with Gasteiger partial charge in [-0.25, -0.2) is 0 Å². The monoisotopic (exact) mass is 510 g/mol. The molecular formula is C24H22N4O5S2. The van der Waals surface area contributed by atoms with E-state index in [9.17, 15) is 25.0 Å². The molecule has 0 aliphatic carbocycles. The molecule has 0 saturated carbocycles. The zero-order chi connectivity index (χ0) is 25.7. The molecule has 9 nitrogen and oxygen atoms in total. The van der Waals surface area contributed by atoms with E-state index < -0.39 is 9.85 Å². The average Bonchev–Trinajstić information content (AvgIpc) is 2.81. The highest BCUT2D eigenvalue weighted by molar-refractivity contribution is 8.76. The van der Waals surface area contributed by atoms with Crippen LogP contribution in [0.1, 0.15) is 28.4 Å². The van der Waals surface area contributed by atoms with Crippen molar-refractivity contribution < 1.29 is 14.6 Å². The van der Waals surface area contributed by atoms with Crippen LogP contribution >= 0.6 is 21.6 Å². The molecule has 35 heavy (non-hydrogen) atoms. The van der Waals surface area contributed by atoms with Crippen LogP contribution in [0, 0.1) is 34.1 Å². The van der Waals surface area contributed by atoms with Gasteiger partial charge in [0.2, 0.25) is 0 Å². The van der Waals surface area contributed by atoms with Crippen molar-refractivity contribution in [3.8, 4) is 0 Å². The SMILES string of the molecule is C/C(=C\C(=O)c1ccccc1)Nc1c(C)cc([N+](=O)[O-])cc1SSc1cc([N+](=O)[O-])cc(C)c1N. The highest BCUT2D eigenvalue weighted by atomic mass is 33.1. The third kappa shape index (κ3) is 6.40. The summed E-state index contributed by atoms with van der Waals surface area (Å²) in [4.78, 5) is 35.3. The molecule has 3 N–H and O–H groups in total. The second kappa shape index (κ2) is 11.1. The predicted octanol–water partition coefficient (Wildman–Crippen LogP) is 6.70. The van der Waals surface area contributed by atoms with Crippen LogP contribution < -0.4 is 11.1 Å². The molecule has 11 heteroatoms. The van der Waals surface area contributed by atoms with Crippen LogP contribution in [0.15, 0.2) is 76.2 Å². The van der Waals surface area contributed by atoms with Gasteiger partial charge in [0.25, 0.3) is 11.4 Å². The summed E-state index contributed by atoms with van der Waals surface area (Å²) in [6, 6.07) is 14.4. The first-order chi connectivity index (χ1) is 16.6. The van der Waals surface area contributed by atoms with E-state index in [-0.39, 0.29) is 17.2 Å². The van der Waals surface area contributed by atoms with Gasteiger partial charge in [0.05, 0.1) is 15.5 Å². The van der Waals surface area contributed by atoms with Gasteiger partial charge < -0.3 is 11.1 Å². The number of allylic oxidation sites excluding steroid dienone is 2. The summed E-state index contributed by atoms with van der Waals surface area (Å²) in [5.74, 6) is -0.182. The van der Waals surface area contributed by atoms with Gasteiger partial charge in [-0.05, 0) is 31.9 Å². The van der Waals surface area contributed by atoms with Crippen LogP contribution in [0.4, 0.5) is 22.7 Å². The number of anilines is 2. The standard InChI is InChI=1S/C24H22N4O5S2/c1-14-9-18(27(30)31)12-21(23(14)25)34-35-22-13-19(28(32)33)10-15(2)24(22)26-16(3)11-20(29)17-7-5-4-6-8-17/h4-13,26H,25H2,1-3H3/b16-11+. The van der Waals surface area contributed by atoms with Crippen LogP contribution in [0.25, 0.3) is 0 Å². The number of nitrogens with one attached hydrogen (secondary N) is 1. The van der Waals surface area contributed by atoms with Crippen LogP contribution in [0.3, 0.4) is 0 Å². The minimum Gasteiger partial charge on any atom is -0.398 e. The molecule has 3 rings (SSSR count). The number of nitro groups is 2. The summed E-state index contributed by atoms with van der Waals surface area (Å²) in [5, 5.41) is 25.9. The summed E-state index contributed by atoms with van der Waals surface area (Å²) in [6.07, 6.45) is 1.46. The van der Waals surface area contributed by atoms with Gasteiger partial charge in [-0.2, -0.15) is 0 Å². The Morgan fingerprint density at radius 2 is 1.46 bits per heavy atom. The number of ketones is 1. The summed E-state index contributed by atoms with van der Waals surface area (Å²) in [7, 11) is 2.35. The van der Waals surface area contributed by atoms with Crippen LogP contribution in [0.2, 0.25) is 0 Å². The number of carbonyl (C=O) groups is 1. The molecule has 0 atom stereocenters. The van der Waals surface area contributed by atoms with Crippen molar-refractivity contribution >= 4 is 50.1 Å². The predicted molar refractivity (Wildman–Crippen MR) is 140 cm³/mol. The van der Waals surface area contributed by atoms with Crippen molar-refractivity contribution in [2.75, 3.05) is 11.1 Å². The average molecular weight is 511 g/mol. The van der Waals surface area contributed by atoms with Crippen molar-refractivity contribution in [2.24, 2.45) is 0 Å². The third-order valence-electron chi connectivity index (χ3n) is 4.99. The van der Waals surface area contributed by atoms with Crippen LogP contribution in [0.5, 0.6) is 0 Å². The number of nitrogens with zero attached hydrogens (tertiary/aromatic N) is 2. The molecule has 0 unspecified atom stereocenters. The number of nitrogens with two attached hydrogens (primary N) is 1. The topological polar surface area (TPSA) is 141 Å². The van der Waals surface area contributed by atoms with Gasteiger partial charge in [-0.3, -0.25) is 25.0 Å². The number of rotatable bonds is 9. The Labute approximate surface area is 209 Å². The maximum atomic E-state index is 12.5. The number of non-ortho nitro benzene ring substituents is 2. The largest absolute Gasteiger partial charge is 0.398 e. The molecule has 0 aromatic heterocycles. The number of nitro benzene ring substituents is 2. The molecule has 0 aliphatic heterocycles. The van der Waals surface area contributed by atoms with E-state index in [1.54, 1.807) is 45.0 Å². The molecule has 0 fully saturated rings. The van der Waals surface area contributed by atoms with E-state index in [0.717, 1.165) is 0 Å². The van der Waals surface area contributed by atoms with E-state index in [1.165, 1.54) is 51.9 Å². The summed E-state index contributed by atoms with van der Waals surface area (Å²) in [6.45, 7) is 5.13. The molecule has 0 radical (unpaired) electrons. The Balaban J connectivity index is 1.94. The molecule has 0 heterocycles. The van der Waals surface area contributed by atoms with Gasteiger partial charge in [0.15, 0.2) is 5.78 Å². The zero-order valence-electron chi connectivity index (χ0n) is 19.1. The maximum absolute atomic E-state index is 12.5. The van der Waals surface area contributed by atoms with Gasteiger partial charge >= 0.3 is 0 Å². The molecule has 0 spiro atoms. The molecule has 0 bridgehead atoms. The number of nitrogen functional groups attached to an aromatic ring is 1. The van der Waals surface area contributed by atoms with Crippen molar-refractivity contribution in [2.45, 2.75) is 30.6 Å². The first-order valence-corrected chi connectivity index (χ1v) is 12.4. The number of aryl methyl sites for hydroxylation is 2. The van der Waals surface area contributed by atoms with Gasteiger partial charge in [0, 0.05) is 57.1 Å². The number of carbonyl (C=O) groups excluding carboxylic acids is 1.